The Balaban J connectivity index is 2.00. The Morgan fingerprint density at radius 1 is 1.25 bits per heavy atom. The minimum atomic E-state index is 0.368. The summed E-state index contributed by atoms with van der Waals surface area (Å²) < 4.78 is 1.74. The summed E-state index contributed by atoms with van der Waals surface area (Å²) in [7, 11) is 1.89. The second-order valence-electron chi connectivity index (χ2n) is 5.07. The van der Waals surface area contributed by atoms with Crippen LogP contribution in [0.15, 0.2) is 30.5 Å². The molecule has 20 heavy (non-hydrogen) atoms. The van der Waals surface area contributed by atoms with Gasteiger partial charge in [0.1, 0.15) is 0 Å². The van der Waals surface area contributed by atoms with Crippen LogP contribution in [0.4, 0.5) is 0 Å². The lowest BCUT2D eigenvalue weighted by molar-refractivity contribution is 0.500. The zero-order valence-corrected chi connectivity index (χ0v) is 12.8. The monoisotopic (exact) mass is 292 g/mol. The lowest BCUT2D eigenvalue weighted by Crippen LogP contribution is -2.34. The van der Waals surface area contributed by atoms with Crippen LogP contribution < -0.4 is 5.32 Å². The molecule has 5 heteroatoms. The predicted octanol–water partition coefficient (Wildman–Crippen LogP) is 2.62. The quantitative estimate of drug-likeness (QED) is 0.853. The van der Waals surface area contributed by atoms with Gasteiger partial charge in [0, 0.05) is 30.7 Å². The van der Waals surface area contributed by atoms with Crippen LogP contribution >= 0.6 is 11.6 Å². The average molecular weight is 293 g/mol. The molecule has 1 heterocycles. The second kappa shape index (κ2) is 7.41. The summed E-state index contributed by atoms with van der Waals surface area (Å²) in [6.45, 7) is 3.19. The molecule has 1 unspecified atom stereocenters. The first kappa shape index (κ1) is 15.0. The molecule has 108 valence electrons. The summed E-state index contributed by atoms with van der Waals surface area (Å²) in [5, 5.41) is 12.5. The highest BCUT2D eigenvalue weighted by Gasteiger charge is 2.12. The van der Waals surface area contributed by atoms with E-state index in [-0.39, 0.29) is 0 Å². The van der Waals surface area contributed by atoms with Crippen LogP contribution in [-0.2, 0) is 19.9 Å². The van der Waals surface area contributed by atoms with Crippen molar-refractivity contribution in [3.63, 3.8) is 0 Å². The van der Waals surface area contributed by atoms with Crippen LogP contribution in [0.25, 0.3) is 0 Å². The molecule has 0 radical (unpaired) electrons. The van der Waals surface area contributed by atoms with Crippen molar-refractivity contribution in [1.82, 2.24) is 20.3 Å². The number of hydrogen-bond donors (Lipinski definition) is 1. The first-order chi connectivity index (χ1) is 9.67. The van der Waals surface area contributed by atoms with Gasteiger partial charge in [-0.3, -0.25) is 4.68 Å². The van der Waals surface area contributed by atoms with E-state index in [4.69, 9.17) is 11.6 Å². The van der Waals surface area contributed by atoms with Gasteiger partial charge in [0.15, 0.2) is 0 Å². The van der Waals surface area contributed by atoms with Crippen LogP contribution in [-0.4, -0.2) is 27.6 Å². The lowest BCUT2D eigenvalue weighted by atomic mass is 10.0. The standard InChI is InChI=1S/C15H21ClN4/c1-3-8-17-14(10-15-11-20(2)19-18-15)9-12-4-6-13(16)7-5-12/h4-7,11,14,17H,3,8-10H2,1-2H3. The molecule has 0 bridgehead atoms. The van der Waals surface area contributed by atoms with Crippen molar-refractivity contribution in [2.24, 2.45) is 7.05 Å². The molecule has 0 saturated heterocycles. The zero-order valence-electron chi connectivity index (χ0n) is 12.0. The molecule has 1 aromatic carbocycles. The van der Waals surface area contributed by atoms with E-state index in [1.807, 2.05) is 25.4 Å². The lowest BCUT2D eigenvalue weighted by Gasteiger charge is -2.17. The van der Waals surface area contributed by atoms with Gasteiger partial charge >= 0.3 is 0 Å². The van der Waals surface area contributed by atoms with E-state index in [0.717, 1.165) is 36.5 Å². The van der Waals surface area contributed by atoms with Gasteiger partial charge in [-0.2, -0.15) is 0 Å². The van der Waals surface area contributed by atoms with E-state index < -0.39 is 0 Å². The first-order valence-corrected chi connectivity index (χ1v) is 7.38. The fraction of sp³-hybridized carbons (Fsp3) is 0.467. The van der Waals surface area contributed by atoms with Gasteiger partial charge in [-0.25, -0.2) is 0 Å². The Hall–Kier alpha value is -1.39. The van der Waals surface area contributed by atoms with Gasteiger partial charge in [-0.05, 0) is 37.1 Å². The minimum absolute atomic E-state index is 0.368. The molecule has 2 rings (SSSR count). The fourth-order valence-corrected chi connectivity index (χ4v) is 2.34. The number of hydrogen-bond acceptors (Lipinski definition) is 3. The summed E-state index contributed by atoms with van der Waals surface area (Å²) >= 11 is 5.93. The van der Waals surface area contributed by atoms with E-state index in [2.05, 4.69) is 34.7 Å². The molecule has 0 aliphatic rings. The number of rotatable bonds is 7. The number of benzene rings is 1. The summed E-state index contributed by atoms with van der Waals surface area (Å²) in [4.78, 5) is 0. The maximum atomic E-state index is 5.93. The number of aryl methyl sites for hydroxylation is 1. The SMILES string of the molecule is CCCNC(Cc1ccc(Cl)cc1)Cc1cn(C)nn1. The predicted molar refractivity (Wildman–Crippen MR) is 81.9 cm³/mol. The summed E-state index contributed by atoms with van der Waals surface area (Å²) in [5.74, 6) is 0. The first-order valence-electron chi connectivity index (χ1n) is 7.00. The molecule has 4 nitrogen and oxygen atoms in total. The van der Waals surface area contributed by atoms with Crippen LogP contribution in [0.2, 0.25) is 5.02 Å². The molecule has 0 amide bonds. The van der Waals surface area contributed by atoms with Crippen LogP contribution in [0, 0.1) is 0 Å². The van der Waals surface area contributed by atoms with E-state index in [9.17, 15) is 0 Å². The molecule has 0 aliphatic heterocycles. The Morgan fingerprint density at radius 2 is 2.00 bits per heavy atom. The highest BCUT2D eigenvalue weighted by molar-refractivity contribution is 6.30. The van der Waals surface area contributed by atoms with Crippen molar-refractivity contribution >= 4 is 11.6 Å². The summed E-state index contributed by atoms with van der Waals surface area (Å²) in [6.07, 6.45) is 4.95. The third-order valence-corrected chi connectivity index (χ3v) is 3.44. The molecule has 0 fully saturated rings. The van der Waals surface area contributed by atoms with E-state index in [1.54, 1.807) is 4.68 Å². The molecular formula is C15H21ClN4. The number of nitrogens with one attached hydrogen (secondary N) is 1. The fourth-order valence-electron chi connectivity index (χ4n) is 2.21. The van der Waals surface area contributed by atoms with Gasteiger partial charge in [-0.15, -0.1) is 5.10 Å². The van der Waals surface area contributed by atoms with Crippen molar-refractivity contribution in [1.29, 1.82) is 0 Å². The van der Waals surface area contributed by atoms with Crippen LogP contribution in [0.1, 0.15) is 24.6 Å². The normalized spacial score (nSPS) is 12.6. The minimum Gasteiger partial charge on any atom is -0.313 e. The van der Waals surface area contributed by atoms with E-state index in [1.165, 1.54) is 5.56 Å². The Kier molecular flexibility index (Phi) is 5.56. The molecule has 2 aromatic rings. The van der Waals surface area contributed by atoms with E-state index >= 15 is 0 Å². The second-order valence-corrected chi connectivity index (χ2v) is 5.51. The highest BCUT2D eigenvalue weighted by atomic mass is 35.5. The number of nitrogens with zero attached hydrogens (tertiary/aromatic N) is 3. The smallest absolute Gasteiger partial charge is 0.0842 e. The highest BCUT2D eigenvalue weighted by Crippen LogP contribution is 2.12. The zero-order chi connectivity index (χ0) is 14.4. The van der Waals surface area contributed by atoms with Gasteiger partial charge in [0.05, 0.1) is 5.69 Å². The summed E-state index contributed by atoms with van der Waals surface area (Å²) in [6, 6.07) is 8.42. The van der Waals surface area contributed by atoms with Crippen molar-refractivity contribution in [2.45, 2.75) is 32.2 Å². The van der Waals surface area contributed by atoms with Gasteiger partial charge in [-0.1, -0.05) is 35.9 Å². The topological polar surface area (TPSA) is 42.7 Å². The van der Waals surface area contributed by atoms with Gasteiger partial charge in [0.25, 0.3) is 0 Å². The van der Waals surface area contributed by atoms with Crippen LogP contribution in [0.5, 0.6) is 0 Å². The molecule has 0 aliphatic carbocycles. The maximum Gasteiger partial charge on any atom is 0.0842 e. The number of halogens is 1. The molecule has 1 N–H and O–H groups in total. The van der Waals surface area contributed by atoms with Gasteiger partial charge < -0.3 is 5.32 Å². The Morgan fingerprint density at radius 3 is 2.60 bits per heavy atom. The molecular weight excluding hydrogens is 272 g/mol. The van der Waals surface area contributed by atoms with E-state index in [0.29, 0.717) is 6.04 Å². The number of aromatic nitrogens is 3. The molecule has 0 saturated carbocycles. The van der Waals surface area contributed by atoms with Gasteiger partial charge in [0.2, 0.25) is 0 Å². The van der Waals surface area contributed by atoms with Crippen molar-refractivity contribution in [3.05, 3.63) is 46.7 Å². The van der Waals surface area contributed by atoms with Crippen molar-refractivity contribution in [2.75, 3.05) is 6.54 Å². The molecule has 1 atom stereocenters. The molecule has 0 spiro atoms. The van der Waals surface area contributed by atoms with Crippen LogP contribution in [0.3, 0.4) is 0 Å². The Labute approximate surface area is 125 Å². The molecule has 1 aromatic heterocycles. The van der Waals surface area contributed by atoms with Crippen molar-refractivity contribution in [3.8, 4) is 0 Å². The average Bonchev–Trinajstić information content (AvgIpc) is 2.84. The maximum absolute atomic E-state index is 5.93. The largest absolute Gasteiger partial charge is 0.313 e. The van der Waals surface area contributed by atoms with Crippen molar-refractivity contribution < 1.29 is 0 Å². The Bertz CT molecular complexity index is 521. The third kappa shape index (κ3) is 4.62. The summed E-state index contributed by atoms with van der Waals surface area (Å²) in [5.41, 5.74) is 2.31. The third-order valence-electron chi connectivity index (χ3n) is 3.18.